The minimum atomic E-state index is -0.833. The molecule has 1 aliphatic rings. The predicted octanol–water partition coefficient (Wildman–Crippen LogP) is 4.30. The van der Waals surface area contributed by atoms with E-state index in [0.717, 1.165) is 42.9 Å². The molecule has 0 spiro atoms. The molecule has 2 rings (SSSR count). The predicted molar refractivity (Wildman–Crippen MR) is 117 cm³/mol. The number of benzene rings is 1. The Kier molecular flexibility index (Phi) is 7.86. The summed E-state index contributed by atoms with van der Waals surface area (Å²) in [5, 5.41) is 18.3. The minimum absolute atomic E-state index is 0.0139. The number of rotatable bonds is 1. The first-order valence-corrected chi connectivity index (χ1v) is 9.93. The fraction of sp³-hybridized carbons (Fsp3) is 0.609. The van der Waals surface area contributed by atoms with Crippen LogP contribution in [-0.2, 0) is 15.6 Å². The Morgan fingerprint density at radius 1 is 1.11 bits per heavy atom. The molecule has 0 radical (unpaired) electrons. The molecule has 158 valence electrons. The summed E-state index contributed by atoms with van der Waals surface area (Å²) in [6, 6.07) is 4.14. The van der Waals surface area contributed by atoms with Gasteiger partial charge in [0.2, 0.25) is 0 Å². The molecule has 5 nitrogen and oxygen atoms in total. The van der Waals surface area contributed by atoms with E-state index in [1.165, 1.54) is 5.56 Å². The second-order valence-corrected chi connectivity index (χ2v) is 9.78. The summed E-state index contributed by atoms with van der Waals surface area (Å²) in [5.74, 6) is -0.464. The summed E-state index contributed by atoms with van der Waals surface area (Å²) in [5.41, 5.74) is 16.5. The van der Waals surface area contributed by atoms with Crippen LogP contribution in [0.25, 0.3) is 6.08 Å². The van der Waals surface area contributed by atoms with Gasteiger partial charge in [0.25, 0.3) is 5.97 Å². The summed E-state index contributed by atoms with van der Waals surface area (Å²) in [6.45, 7) is 14.1. The first-order valence-electron chi connectivity index (χ1n) is 9.93. The molecule has 2 atom stereocenters. The van der Waals surface area contributed by atoms with Crippen molar-refractivity contribution in [2.45, 2.75) is 90.6 Å². The third-order valence-corrected chi connectivity index (χ3v) is 5.05. The zero-order valence-corrected chi connectivity index (χ0v) is 18.5. The molecule has 1 aromatic rings. The van der Waals surface area contributed by atoms with Crippen molar-refractivity contribution in [1.29, 1.82) is 0 Å². The van der Waals surface area contributed by atoms with Crippen LogP contribution in [0.2, 0.25) is 0 Å². The van der Waals surface area contributed by atoms with Crippen molar-refractivity contribution in [2.24, 2.45) is 11.5 Å². The van der Waals surface area contributed by atoms with Gasteiger partial charge in [-0.25, -0.2) is 0 Å². The number of aromatic hydroxyl groups is 1. The van der Waals surface area contributed by atoms with Crippen LogP contribution in [0.1, 0.15) is 84.4 Å². The molecule has 1 aromatic carbocycles. The number of phenols is 1. The highest BCUT2D eigenvalue weighted by Crippen LogP contribution is 2.39. The largest absolute Gasteiger partial charge is 0.507 e. The maximum absolute atomic E-state index is 10.9. The quantitative estimate of drug-likeness (QED) is 0.571. The topological polar surface area (TPSA) is 110 Å². The fourth-order valence-electron chi connectivity index (χ4n) is 3.30. The van der Waals surface area contributed by atoms with Gasteiger partial charge in [0.15, 0.2) is 0 Å². The zero-order chi connectivity index (χ0) is 21.9. The molecule has 1 fully saturated rings. The highest BCUT2D eigenvalue weighted by Gasteiger charge is 2.26. The molecular formula is C23H38N2O3. The van der Waals surface area contributed by atoms with Gasteiger partial charge in [0.05, 0.1) is 0 Å². The number of hydrogen-bond donors (Lipinski definition) is 4. The summed E-state index contributed by atoms with van der Waals surface area (Å²) in [4.78, 5) is 9.00. The maximum Gasteiger partial charge on any atom is 0.300 e. The average molecular weight is 391 g/mol. The standard InChI is InChI=1S/C21H34N2O.C2H4O2/c1-20(2,3)15-11-14(19(24)16(12-15)21(4,5)6)10-13-8-7-9-17(22)18(13)23;1-2(3)4/h10-12,17-18,24H,7-9,22-23H2,1-6H3;1H3,(H,3,4). The number of carboxylic acid groups (broad SMARTS) is 1. The van der Waals surface area contributed by atoms with E-state index in [4.69, 9.17) is 21.4 Å². The van der Waals surface area contributed by atoms with Crippen LogP contribution in [0.5, 0.6) is 5.75 Å². The number of aliphatic carboxylic acids is 1. The Labute approximate surface area is 169 Å². The summed E-state index contributed by atoms with van der Waals surface area (Å²) >= 11 is 0. The first-order chi connectivity index (χ1) is 12.6. The molecule has 0 bridgehead atoms. The number of carboxylic acids is 1. The van der Waals surface area contributed by atoms with Crippen molar-refractivity contribution >= 4 is 12.0 Å². The van der Waals surface area contributed by atoms with Gasteiger partial charge in [-0.05, 0) is 41.7 Å². The fourth-order valence-corrected chi connectivity index (χ4v) is 3.30. The SMILES string of the molecule is CC(=O)O.CC(C)(C)c1cc(C=C2CCCC(N)C2N)c(O)c(C(C)(C)C)c1. The summed E-state index contributed by atoms with van der Waals surface area (Å²) in [6.07, 6.45) is 5.06. The second-order valence-electron chi connectivity index (χ2n) is 9.78. The molecule has 5 heteroatoms. The zero-order valence-electron chi connectivity index (χ0n) is 18.5. The van der Waals surface area contributed by atoms with E-state index in [2.05, 4.69) is 59.8 Å². The summed E-state index contributed by atoms with van der Waals surface area (Å²) in [7, 11) is 0. The van der Waals surface area contributed by atoms with Gasteiger partial charge in [-0.1, -0.05) is 59.3 Å². The van der Waals surface area contributed by atoms with Crippen molar-refractivity contribution < 1.29 is 15.0 Å². The number of carbonyl (C=O) groups is 1. The summed E-state index contributed by atoms with van der Waals surface area (Å²) < 4.78 is 0. The van der Waals surface area contributed by atoms with Gasteiger partial charge in [-0.15, -0.1) is 0 Å². The molecule has 6 N–H and O–H groups in total. The van der Waals surface area contributed by atoms with Crippen LogP contribution in [-0.4, -0.2) is 28.3 Å². The van der Waals surface area contributed by atoms with Crippen LogP contribution in [0.3, 0.4) is 0 Å². The van der Waals surface area contributed by atoms with Gasteiger partial charge >= 0.3 is 0 Å². The monoisotopic (exact) mass is 390 g/mol. The molecule has 0 saturated heterocycles. The normalized spacial score (nSPS) is 21.8. The van der Waals surface area contributed by atoms with E-state index < -0.39 is 5.97 Å². The Balaban J connectivity index is 0.000000892. The van der Waals surface area contributed by atoms with Crippen LogP contribution < -0.4 is 11.5 Å². The van der Waals surface area contributed by atoms with E-state index >= 15 is 0 Å². The molecule has 0 amide bonds. The van der Waals surface area contributed by atoms with Crippen molar-refractivity contribution in [3.8, 4) is 5.75 Å². The van der Waals surface area contributed by atoms with Gasteiger partial charge in [0.1, 0.15) is 5.75 Å². The van der Waals surface area contributed by atoms with Gasteiger partial charge in [-0.2, -0.15) is 0 Å². The molecule has 1 saturated carbocycles. The Hall–Kier alpha value is -1.85. The lowest BCUT2D eigenvalue weighted by Gasteiger charge is -2.30. The average Bonchev–Trinajstić information content (AvgIpc) is 2.50. The Morgan fingerprint density at radius 3 is 2.11 bits per heavy atom. The van der Waals surface area contributed by atoms with Crippen molar-refractivity contribution in [3.63, 3.8) is 0 Å². The lowest BCUT2D eigenvalue weighted by atomic mass is 9.78. The Bertz CT molecular complexity index is 721. The van der Waals surface area contributed by atoms with Crippen LogP contribution >= 0.6 is 0 Å². The van der Waals surface area contributed by atoms with Crippen LogP contribution in [0, 0.1) is 0 Å². The maximum atomic E-state index is 10.9. The third-order valence-electron chi connectivity index (χ3n) is 5.05. The van der Waals surface area contributed by atoms with Gasteiger partial charge < -0.3 is 21.7 Å². The highest BCUT2D eigenvalue weighted by molar-refractivity contribution is 5.65. The molecule has 0 heterocycles. The van der Waals surface area contributed by atoms with Crippen molar-refractivity contribution in [1.82, 2.24) is 0 Å². The smallest absolute Gasteiger partial charge is 0.300 e. The number of nitrogens with two attached hydrogens (primary N) is 2. The molecule has 0 aliphatic heterocycles. The number of hydrogen-bond acceptors (Lipinski definition) is 4. The van der Waals surface area contributed by atoms with E-state index in [0.29, 0.717) is 5.75 Å². The molecule has 2 unspecified atom stereocenters. The second kappa shape index (κ2) is 9.10. The molecule has 1 aliphatic carbocycles. The van der Waals surface area contributed by atoms with Crippen molar-refractivity contribution in [3.05, 3.63) is 34.4 Å². The molecular weight excluding hydrogens is 352 g/mol. The van der Waals surface area contributed by atoms with E-state index in [-0.39, 0.29) is 22.9 Å². The van der Waals surface area contributed by atoms with E-state index in [1.54, 1.807) is 0 Å². The minimum Gasteiger partial charge on any atom is -0.507 e. The number of phenolic OH excluding ortho intramolecular Hbond substituents is 1. The third kappa shape index (κ3) is 6.64. The van der Waals surface area contributed by atoms with E-state index in [9.17, 15) is 5.11 Å². The van der Waals surface area contributed by atoms with Gasteiger partial charge in [-0.3, -0.25) is 4.79 Å². The lowest BCUT2D eigenvalue weighted by molar-refractivity contribution is -0.134. The molecule has 0 aromatic heterocycles. The van der Waals surface area contributed by atoms with Crippen LogP contribution in [0.15, 0.2) is 17.7 Å². The van der Waals surface area contributed by atoms with E-state index in [1.807, 2.05) is 0 Å². The highest BCUT2D eigenvalue weighted by atomic mass is 16.4. The lowest BCUT2D eigenvalue weighted by Crippen LogP contribution is -2.45. The first kappa shape index (κ1) is 24.2. The van der Waals surface area contributed by atoms with Crippen molar-refractivity contribution in [2.75, 3.05) is 0 Å². The van der Waals surface area contributed by atoms with Gasteiger partial charge in [0, 0.05) is 30.1 Å². The van der Waals surface area contributed by atoms with Crippen LogP contribution in [0.4, 0.5) is 0 Å². The molecule has 28 heavy (non-hydrogen) atoms. The Morgan fingerprint density at radius 2 is 1.64 bits per heavy atom.